The maximum absolute atomic E-state index is 13.9. The fourth-order valence-electron chi connectivity index (χ4n) is 3.36. The molecule has 0 aliphatic rings. The van der Waals surface area contributed by atoms with Crippen LogP contribution < -0.4 is 15.8 Å². The number of hydrogen-bond acceptors (Lipinski definition) is 5. The zero-order valence-electron chi connectivity index (χ0n) is 20.0. The van der Waals surface area contributed by atoms with Crippen LogP contribution in [0.5, 0.6) is 5.75 Å². The summed E-state index contributed by atoms with van der Waals surface area (Å²) in [5.74, 6) is -1.60. The fraction of sp³-hybridized carbons (Fsp3) is 0.240. The van der Waals surface area contributed by atoms with Crippen LogP contribution in [0.1, 0.15) is 18.1 Å². The number of amides is 1. The Labute approximate surface area is 221 Å². The first-order valence-electron chi connectivity index (χ1n) is 11.1. The van der Waals surface area contributed by atoms with E-state index in [4.69, 9.17) is 31.9 Å². The van der Waals surface area contributed by atoms with Gasteiger partial charge in [-0.15, -0.1) is 0 Å². The lowest BCUT2D eigenvalue weighted by atomic mass is 10.0. The van der Waals surface area contributed by atoms with Crippen LogP contribution in [0.25, 0.3) is 11.1 Å². The summed E-state index contributed by atoms with van der Waals surface area (Å²) in [6.07, 6.45) is -4.59. The molecule has 0 bridgehead atoms. The molecule has 0 aromatic heterocycles. The summed E-state index contributed by atoms with van der Waals surface area (Å²) in [4.78, 5) is 30.0. The Morgan fingerprint density at radius 1 is 1.03 bits per heavy atom. The van der Waals surface area contributed by atoms with E-state index in [0.717, 1.165) is 35.7 Å². The number of phosphoric ester groups is 1. The molecule has 3 aromatic carbocycles. The van der Waals surface area contributed by atoms with Crippen molar-refractivity contribution < 1.29 is 41.6 Å². The van der Waals surface area contributed by atoms with Gasteiger partial charge in [0.2, 0.25) is 5.91 Å². The number of rotatable bonds is 10. The van der Waals surface area contributed by atoms with Gasteiger partial charge in [-0.25, -0.2) is 4.57 Å². The number of carbonyl (C=O) groups is 1. The predicted octanol–water partition coefficient (Wildman–Crippen LogP) is 5.41. The Kier molecular flexibility index (Phi) is 9.25. The molecule has 0 radical (unpaired) electrons. The molecule has 0 unspecified atom stereocenters. The lowest BCUT2D eigenvalue weighted by molar-refractivity contribution is -0.138. The van der Waals surface area contributed by atoms with Gasteiger partial charge in [-0.2, -0.15) is 13.2 Å². The molecule has 0 aliphatic heterocycles. The van der Waals surface area contributed by atoms with Gasteiger partial charge in [0.15, 0.2) is 0 Å². The highest BCUT2D eigenvalue weighted by Gasteiger charge is 2.39. The first kappa shape index (κ1) is 29.6. The summed E-state index contributed by atoms with van der Waals surface area (Å²) in [5.41, 5.74) is 4.91. The van der Waals surface area contributed by atoms with Crippen molar-refractivity contribution >= 4 is 31.0 Å². The Hall–Kier alpha value is -2.92. The minimum Gasteiger partial charge on any atom is -0.493 e. The van der Waals surface area contributed by atoms with E-state index in [-0.39, 0.29) is 6.61 Å². The standard InChI is InChI=1S/C25H25ClF3N2O6P/c1-24(30,15-37-38(33,34)35)23(32)31-19-11-12-20(21(22(19)26)25(27,28)29)36-14-13-16-7-9-18(10-8-16)17-5-3-2-4-6-17/h2-12H,13-15,30H2,1H3,(H,31,32)(H2,33,34,35)/t24-/m0/s1. The van der Waals surface area contributed by atoms with Crippen molar-refractivity contribution in [3.05, 3.63) is 82.9 Å². The maximum atomic E-state index is 13.9. The molecule has 1 amide bonds. The first-order chi connectivity index (χ1) is 17.7. The fourth-order valence-corrected chi connectivity index (χ4v) is 4.11. The van der Waals surface area contributed by atoms with E-state index in [1.807, 2.05) is 54.6 Å². The lowest BCUT2D eigenvalue weighted by Gasteiger charge is -2.24. The van der Waals surface area contributed by atoms with Crippen LogP contribution in [0.3, 0.4) is 0 Å². The summed E-state index contributed by atoms with van der Waals surface area (Å²) in [7, 11) is -4.93. The van der Waals surface area contributed by atoms with Crippen LogP contribution in [0.2, 0.25) is 5.02 Å². The van der Waals surface area contributed by atoms with Crippen molar-refractivity contribution in [1.29, 1.82) is 0 Å². The largest absolute Gasteiger partial charge is 0.493 e. The van der Waals surface area contributed by atoms with Crippen LogP contribution in [-0.4, -0.2) is 34.4 Å². The third-order valence-corrected chi connectivity index (χ3v) is 6.25. The first-order valence-corrected chi connectivity index (χ1v) is 13.1. The summed E-state index contributed by atoms with van der Waals surface area (Å²) in [5, 5.41) is 1.31. The van der Waals surface area contributed by atoms with E-state index in [9.17, 15) is 22.5 Å². The van der Waals surface area contributed by atoms with Crippen LogP contribution >= 0.6 is 19.4 Å². The molecule has 0 saturated carbocycles. The van der Waals surface area contributed by atoms with Crippen LogP contribution in [-0.2, 0) is 26.5 Å². The van der Waals surface area contributed by atoms with Gasteiger partial charge in [0, 0.05) is 6.42 Å². The van der Waals surface area contributed by atoms with Gasteiger partial charge in [-0.1, -0.05) is 66.2 Å². The van der Waals surface area contributed by atoms with Crippen molar-refractivity contribution in [2.24, 2.45) is 5.73 Å². The summed E-state index contributed by atoms with van der Waals surface area (Å²) in [6, 6.07) is 19.4. The van der Waals surface area contributed by atoms with Crippen molar-refractivity contribution in [2.45, 2.75) is 25.1 Å². The van der Waals surface area contributed by atoms with Crippen LogP contribution in [0, 0.1) is 0 Å². The van der Waals surface area contributed by atoms with Gasteiger partial charge in [-0.05, 0) is 35.7 Å². The van der Waals surface area contributed by atoms with E-state index in [1.54, 1.807) is 0 Å². The molecular formula is C25H25ClF3N2O6P. The maximum Gasteiger partial charge on any atom is 0.469 e. The summed E-state index contributed by atoms with van der Waals surface area (Å²) >= 11 is 6.00. The van der Waals surface area contributed by atoms with Crippen molar-refractivity contribution in [2.75, 3.05) is 18.5 Å². The van der Waals surface area contributed by atoms with Gasteiger partial charge in [0.25, 0.3) is 0 Å². The highest BCUT2D eigenvalue weighted by atomic mass is 35.5. The number of alkyl halides is 3. The van der Waals surface area contributed by atoms with E-state index in [1.165, 1.54) is 0 Å². The zero-order chi connectivity index (χ0) is 28.1. The molecule has 0 saturated heterocycles. The predicted molar refractivity (Wildman–Crippen MR) is 137 cm³/mol. The monoisotopic (exact) mass is 572 g/mol. The molecule has 204 valence electrons. The molecule has 5 N–H and O–H groups in total. The normalized spacial score (nSPS) is 13.6. The Morgan fingerprint density at radius 3 is 2.21 bits per heavy atom. The van der Waals surface area contributed by atoms with E-state index < -0.39 is 54.1 Å². The Morgan fingerprint density at radius 2 is 1.63 bits per heavy atom. The molecule has 38 heavy (non-hydrogen) atoms. The number of hydrogen-bond donors (Lipinski definition) is 4. The van der Waals surface area contributed by atoms with E-state index >= 15 is 0 Å². The second-order valence-electron chi connectivity index (χ2n) is 8.60. The third kappa shape index (κ3) is 8.04. The SMILES string of the molecule is C[C@](N)(COP(=O)(O)O)C(=O)Nc1ccc(OCCc2ccc(-c3ccccc3)cc2)c(C(F)(F)F)c1Cl. The van der Waals surface area contributed by atoms with Gasteiger partial charge < -0.3 is 25.6 Å². The minimum atomic E-state index is -4.93. The summed E-state index contributed by atoms with van der Waals surface area (Å²) in [6.45, 7) is 0.108. The number of carbonyl (C=O) groups excluding carboxylic acids is 1. The smallest absolute Gasteiger partial charge is 0.469 e. The molecule has 8 nitrogen and oxygen atoms in total. The number of benzene rings is 3. The van der Waals surface area contributed by atoms with E-state index in [0.29, 0.717) is 6.42 Å². The molecular weight excluding hydrogens is 548 g/mol. The molecule has 3 aromatic rings. The molecule has 0 fully saturated rings. The average molecular weight is 573 g/mol. The quantitative estimate of drug-likeness (QED) is 0.239. The van der Waals surface area contributed by atoms with Gasteiger partial charge in [-0.3, -0.25) is 9.32 Å². The molecule has 3 rings (SSSR count). The second kappa shape index (κ2) is 11.9. The number of halogens is 4. The molecule has 0 spiro atoms. The highest BCUT2D eigenvalue weighted by molar-refractivity contribution is 7.46. The van der Waals surface area contributed by atoms with Gasteiger partial charge >= 0.3 is 14.0 Å². The van der Waals surface area contributed by atoms with Crippen molar-refractivity contribution in [3.8, 4) is 16.9 Å². The zero-order valence-corrected chi connectivity index (χ0v) is 21.7. The van der Waals surface area contributed by atoms with Crippen LogP contribution in [0.4, 0.5) is 18.9 Å². The molecule has 0 heterocycles. The second-order valence-corrected chi connectivity index (χ2v) is 10.2. The molecule has 13 heteroatoms. The third-order valence-electron chi connectivity index (χ3n) is 5.40. The van der Waals surface area contributed by atoms with Crippen molar-refractivity contribution in [3.63, 3.8) is 0 Å². The Balaban J connectivity index is 1.71. The van der Waals surface area contributed by atoms with Gasteiger partial charge in [0.1, 0.15) is 16.9 Å². The number of nitrogens with one attached hydrogen (secondary N) is 1. The number of phosphoric acid groups is 1. The highest BCUT2D eigenvalue weighted by Crippen LogP contribution is 2.44. The summed E-state index contributed by atoms with van der Waals surface area (Å²) < 4.78 is 62.1. The lowest BCUT2D eigenvalue weighted by Crippen LogP contribution is -2.52. The number of anilines is 1. The van der Waals surface area contributed by atoms with E-state index in [2.05, 4.69) is 9.84 Å². The average Bonchev–Trinajstić information content (AvgIpc) is 2.84. The van der Waals surface area contributed by atoms with Crippen molar-refractivity contribution in [1.82, 2.24) is 0 Å². The number of ether oxygens (including phenoxy) is 1. The van der Waals surface area contributed by atoms with Gasteiger partial charge in [0.05, 0.1) is 23.9 Å². The molecule has 0 aliphatic carbocycles. The Bertz CT molecular complexity index is 1320. The minimum absolute atomic E-state index is 0.0730. The van der Waals surface area contributed by atoms with Crippen LogP contribution in [0.15, 0.2) is 66.7 Å². The number of nitrogens with two attached hydrogens (primary N) is 1. The topological polar surface area (TPSA) is 131 Å². The molecule has 1 atom stereocenters.